The number of fused-ring (bicyclic) bond motifs is 1. The topological polar surface area (TPSA) is 64.8 Å². The third-order valence-electron chi connectivity index (χ3n) is 3.34. The summed E-state index contributed by atoms with van der Waals surface area (Å²) in [4.78, 5) is 13.6. The number of hydrogen-bond acceptors (Lipinski definition) is 4. The van der Waals surface area contributed by atoms with Crippen LogP contribution in [-0.2, 0) is 11.3 Å². The van der Waals surface area contributed by atoms with Crippen molar-refractivity contribution in [1.82, 2.24) is 0 Å². The molecule has 0 fully saturated rings. The summed E-state index contributed by atoms with van der Waals surface area (Å²) >= 11 is 0. The number of carbonyl (C=O) groups is 1. The molecule has 5 heteroatoms. The fourth-order valence-corrected chi connectivity index (χ4v) is 2.30. The molecule has 5 nitrogen and oxygen atoms in total. The lowest BCUT2D eigenvalue weighted by Crippen LogP contribution is -2.27. The van der Waals surface area contributed by atoms with Crippen molar-refractivity contribution in [2.45, 2.75) is 13.5 Å². The molecular weight excluding hydrogens is 268 g/mol. The molecule has 0 bridgehead atoms. The van der Waals surface area contributed by atoms with E-state index >= 15 is 0 Å². The Morgan fingerprint density at radius 3 is 2.76 bits per heavy atom. The van der Waals surface area contributed by atoms with Gasteiger partial charge in [-0.15, -0.1) is 0 Å². The zero-order valence-corrected chi connectivity index (χ0v) is 11.7. The van der Waals surface area contributed by atoms with Gasteiger partial charge in [-0.2, -0.15) is 0 Å². The fourth-order valence-electron chi connectivity index (χ4n) is 2.30. The van der Waals surface area contributed by atoms with Crippen molar-refractivity contribution in [2.75, 3.05) is 17.4 Å². The molecule has 2 N–H and O–H groups in total. The number of carbonyl (C=O) groups excluding carboxylic acids is 1. The number of nitrogens with zero attached hydrogens (tertiary/aromatic N) is 1. The van der Waals surface area contributed by atoms with Gasteiger partial charge in [0.25, 0.3) is 0 Å². The summed E-state index contributed by atoms with van der Waals surface area (Å²) in [5.74, 6) is 1.40. The van der Waals surface area contributed by atoms with E-state index in [2.05, 4.69) is 0 Å². The number of ether oxygens (including phenoxy) is 2. The van der Waals surface area contributed by atoms with E-state index in [-0.39, 0.29) is 12.7 Å². The number of anilines is 2. The lowest BCUT2D eigenvalue weighted by atomic mass is 10.1. The summed E-state index contributed by atoms with van der Waals surface area (Å²) in [6.07, 6.45) is 0. The van der Waals surface area contributed by atoms with Gasteiger partial charge in [-0.1, -0.05) is 12.1 Å². The molecule has 0 saturated carbocycles. The summed E-state index contributed by atoms with van der Waals surface area (Å²) in [5, 5.41) is 0. The standard InChI is InChI=1S/C16H16N2O3/c1-11(19)18(14-4-2-3-13(17)8-14)9-12-5-6-15-16(7-12)21-10-20-15/h2-8H,9-10,17H2,1H3. The lowest BCUT2D eigenvalue weighted by molar-refractivity contribution is -0.116. The van der Waals surface area contributed by atoms with Crippen molar-refractivity contribution in [1.29, 1.82) is 0 Å². The Morgan fingerprint density at radius 1 is 1.19 bits per heavy atom. The van der Waals surface area contributed by atoms with E-state index in [0.717, 1.165) is 17.0 Å². The van der Waals surface area contributed by atoms with E-state index < -0.39 is 0 Å². The first kappa shape index (κ1) is 13.3. The van der Waals surface area contributed by atoms with Gasteiger partial charge in [0.2, 0.25) is 12.7 Å². The van der Waals surface area contributed by atoms with Gasteiger partial charge in [0, 0.05) is 18.3 Å². The Labute approximate surface area is 122 Å². The van der Waals surface area contributed by atoms with Crippen molar-refractivity contribution in [3.8, 4) is 11.5 Å². The predicted molar refractivity (Wildman–Crippen MR) is 80.3 cm³/mol. The lowest BCUT2D eigenvalue weighted by Gasteiger charge is -2.21. The Morgan fingerprint density at radius 2 is 2.00 bits per heavy atom. The molecule has 2 aromatic rings. The van der Waals surface area contributed by atoms with Crippen LogP contribution < -0.4 is 20.1 Å². The van der Waals surface area contributed by atoms with E-state index in [9.17, 15) is 4.79 Å². The summed E-state index contributed by atoms with van der Waals surface area (Å²) in [6, 6.07) is 13.0. The molecule has 2 aromatic carbocycles. The molecular formula is C16H16N2O3. The second-order valence-corrected chi connectivity index (χ2v) is 4.89. The van der Waals surface area contributed by atoms with Gasteiger partial charge in [-0.05, 0) is 35.9 Å². The Hall–Kier alpha value is -2.69. The minimum atomic E-state index is -0.0433. The van der Waals surface area contributed by atoms with E-state index in [1.807, 2.05) is 30.3 Å². The van der Waals surface area contributed by atoms with Gasteiger partial charge in [-0.25, -0.2) is 0 Å². The number of nitrogens with two attached hydrogens (primary N) is 1. The molecule has 1 aliphatic rings. The average molecular weight is 284 g/mol. The van der Waals surface area contributed by atoms with Crippen LogP contribution in [0.25, 0.3) is 0 Å². The van der Waals surface area contributed by atoms with E-state index in [1.165, 1.54) is 6.92 Å². The summed E-state index contributed by atoms with van der Waals surface area (Å²) < 4.78 is 10.6. The molecule has 0 aliphatic carbocycles. The summed E-state index contributed by atoms with van der Waals surface area (Å²) in [6.45, 7) is 2.23. The van der Waals surface area contributed by atoms with Crippen molar-refractivity contribution in [2.24, 2.45) is 0 Å². The normalized spacial score (nSPS) is 12.2. The van der Waals surface area contributed by atoms with Gasteiger partial charge >= 0.3 is 0 Å². The van der Waals surface area contributed by atoms with E-state index in [4.69, 9.17) is 15.2 Å². The molecule has 3 rings (SSSR count). The van der Waals surface area contributed by atoms with E-state index in [0.29, 0.717) is 18.0 Å². The number of benzene rings is 2. The maximum atomic E-state index is 11.9. The van der Waals surface area contributed by atoms with Gasteiger partial charge in [0.05, 0.1) is 6.54 Å². The predicted octanol–water partition coefficient (Wildman–Crippen LogP) is 2.55. The summed E-state index contributed by atoms with van der Waals surface area (Å²) in [7, 11) is 0. The molecule has 0 saturated heterocycles. The van der Waals surface area contributed by atoms with Crippen LogP contribution in [0, 0.1) is 0 Å². The molecule has 0 unspecified atom stereocenters. The maximum Gasteiger partial charge on any atom is 0.231 e. The second-order valence-electron chi connectivity index (χ2n) is 4.89. The highest BCUT2D eigenvalue weighted by Crippen LogP contribution is 2.33. The van der Waals surface area contributed by atoms with Crippen LogP contribution >= 0.6 is 0 Å². The van der Waals surface area contributed by atoms with E-state index in [1.54, 1.807) is 17.0 Å². The van der Waals surface area contributed by atoms with Crippen molar-refractivity contribution in [3.63, 3.8) is 0 Å². The highest BCUT2D eigenvalue weighted by Gasteiger charge is 2.16. The smallest absolute Gasteiger partial charge is 0.231 e. The zero-order chi connectivity index (χ0) is 14.8. The zero-order valence-electron chi connectivity index (χ0n) is 11.7. The monoisotopic (exact) mass is 284 g/mol. The minimum Gasteiger partial charge on any atom is -0.454 e. The maximum absolute atomic E-state index is 11.9. The van der Waals surface area contributed by atoms with Gasteiger partial charge in [0.1, 0.15) is 0 Å². The fraction of sp³-hybridized carbons (Fsp3) is 0.188. The molecule has 0 radical (unpaired) electrons. The van der Waals surface area contributed by atoms with Crippen LogP contribution in [-0.4, -0.2) is 12.7 Å². The average Bonchev–Trinajstić information content (AvgIpc) is 2.92. The highest BCUT2D eigenvalue weighted by molar-refractivity contribution is 5.91. The first-order valence-corrected chi connectivity index (χ1v) is 6.65. The number of nitrogen functional groups attached to an aromatic ring is 1. The van der Waals surface area contributed by atoms with Crippen molar-refractivity contribution >= 4 is 17.3 Å². The molecule has 108 valence electrons. The summed E-state index contributed by atoms with van der Waals surface area (Å²) in [5.41, 5.74) is 8.17. The number of hydrogen-bond donors (Lipinski definition) is 1. The third-order valence-corrected chi connectivity index (χ3v) is 3.34. The van der Waals surface area contributed by atoms with Crippen molar-refractivity contribution in [3.05, 3.63) is 48.0 Å². The van der Waals surface area contributed by atoms with Crippen LogP contribution in [0.5, 0.6) is 11.5 Å². The number of rotatable bonds is 3. The van der Waals surface area contributed by atoms with Crippen molar-refractivity contribution < 1.29 is 14.3 Å². The Kier molecular flexibility index (Phi) is 3.39. The largest absolute Gasteiger partial charge is 0.454 e. The van der Waals surface area contributed by atoms with Gasteiger partial charge < -0.3 is 20.1 Å². The van der Waals surface area contributed by atoms with Crippen LogP contribution in [0.4, 0.5) is 11.4 Å². The first-order chi connectivity index (χ1) is 10.1. The molecule has 1 aliphatic heterocycles. The first-order valence-electron chi connectivity index (χ1n) is 6.65. The molecule has 0 aromatic heterocycles. The van der Waals surface area contributed by atoms with Crippen LogP contribution in [0.3, 0.4) is 0 Å². The molecule has 21 heavy (non-hydrogen) atoms. The molecule has 0 spiro atoms. The number of amides is 1. The van der Waals surface area contributed by atoms with Gasteiger partial charge in [-0.3, -0.25) is 4.79 Å². The second kappa shape index (κ2) is 5.36. The molecule has 0 atom stereocenters. The Balaban J connectivity index is 1.87. The molecule has 1 heterocycles. The third kappa shape index (κ3) is 2.76. The minimum absolute atomic E-state index is 0.0433. The SMILES string of the molecule is CC(=O)N(Cc1ccc2c(c1)OCO2)c1cccc(N)c1. The van der Waals surface area contributed by atoms with Crippen LogP contribution in [0.15, 0.2) is 42.5 Å². The Bertz CT molecular complexity index is 685. The quantitative estimate of drug-likeness (QED) is 0.880. The molecule has 1 amide bonds. The van der Waals surface area contributed by atoms with Crippen LogP contribution in [0.1, 0.15) is 12.5 Å². The van der Waals surface area contributed by atoms with Crippen LogP contribution in [0.2, 0.25) is 0 Å². The van der Waals surface area contributed by atoms with Gasteiger partial charge in [0.15, 0.2) is 11.5 Å². The highest BCUT2D eigenvalue weighted by atomic mass is 16.7.